The molecular formula is C25H37N5O4S. The number of likely N-dealkylation sites (tertiary alicyclic amines) is 1. The fourth-order valence-corrected chi connectivity index (χ4v) is 6.10. The monoisotopic (exact) mass is 503 g/mol. The third kappa shape index (κ3) is 5.87. The van der Waals surface area contributed by atoms with E-state index in [1.165, 1.54) is 0 Å². The first-order chi connectivity index (χ1) is 16.9. The molecule has 2 aliphatic heterocycles. The van der Waals surface area contributed by atoms with Crippen LogP contribution in [0, 0.1) is 0 Å². The predicted octanol–water partition coefficient (Wildman–Crippen LogP) is 2.35. The van der Waals surface area contributed by atoms with E-state index >= 15 is 0 Å². The smallest absolute Gasteiger partial charge is 0.240 e. The number of rotatable bonds is 8. The Labute approximate surface area is 212 Å². The number of aromatic nitrogens is 2. The zero-order chi connectivity index (χ0) is 24.9. The highest BCUT2D eigenvalue weighted by Gasteiger charge is 2.40. The Balaban J connectivity index is 1.59. The van der Waals surface area contributed by atoms with Crippen molar-refractivity contribution in [2.45, 2.75) is 35.8 Å². The highest BCUT2D eigenvalue weighted by molar-refractivity contribution is 7.99. The van der Waals surface area contributed by atoms with E-state index in [1.807, 2.05) is 36.1 Å². The molecule has 0 N–H and O–H groups in total. The Bertz CT molecular complexity index is 1020. The molecule has 4 rings (SSSR count). The summed E-state index contributed by atoms with van der Waals surface area (Å²) in [5, 5.41) is 1.24. The lowest BCUT2D eigenvalue weighted by atomic mass is 10.1. The molecule has 35 heavy (non-hydrogen) atoms. The van der Waals surface area contributed by atoms with Crippen molar-refractivity contribution in [3.05, 3.63) is 30.1 Å². The molecule has 0 saturated carbocycles. The van der Waals surface area contributed by atoms with Gasteiger partial charge < -0.3 is 28.6 Å². The zero-order valence-corrected chi connectivity index (χ0v) is 22.2. The summed E-state index contributed by atoms with van der Waals surface area (Å²) in [6, 6.07) is 3.62. The largest absolute Gasteiger partial charge is 0.496 e. The van der Waals surface area contributed by atoms with Gasteiger partial charge in [-0.15, -0.1) is 0 Å². The predicted molar refractivity (Wildman–Crippen MR) is 136 cm³/mol. The molecule has 192 valence electrons. The van der Waals surface area contributed by atoms with Crippen LogP contribution in [0.3, 0.4) is 0 Å². The second kappa shape index (κ2) is 11.5. The summed E-state index contributed by atoms with van der Waals surface area (Å²) in [5.41, 5.74) is 0.973. The van der Waals surface area contributed by atoms with Crippen LogP contribution in [-0.4, -0.2) is 103 Å². The Morgan fingerprint density at radius 3 is 2.46 bits per heavy atom. The maximum atomic E-state index is 13.8. The first-order valence-electron chi connectivity index (χ1n) is 12.1. The molecule has 1 aromatic carbocycles. The van der Waals surface area contributed by atoms with Crippen molar-refractivity contribution in [2.75, 3.05) is 61.1 Å². The lowest BCUT2D eigenvalue weighted by Crippen LogP contribution is -2.46. The number of ether oxygens (including phenoxy) is 3. The number of carbonyl (C=O) groups is 1. The van der Waals surface area contributed by atoms with E-state index < -0.39 is 0 Å². The van der Waals surface area contributed by atoms with Crippen LogP contribution in [0.2, 0.25) is 0 Å². The molecular weight excluding hydrogens is 466 g/mol. The molecule has 10 heteroatoms. The van der Waals surface area contributed by atoms with Gasteiger partial charge in [-0.2, -0.15) is 0 Å². The number of benzene rings is 1. The van der Waals surface area contributed by atoms with Crippen LogP contribution in [0.25, 0.3) is 0 Å². The van der Waals surface area contributed by atoms with E-state index in [0.29, 0.717) is 18.0 Å². The summed E-state index contributed by atoms with van der Waals surface area (Å²) in [7, 11) is 9.03. The van der Waals surface area contributed by atoms with Crippen LogP contribution in [0.5, 0.6) is 17.2 Å². The number of likely N-dealkylation sites (N-methyl/N-ethyl adjacent to an activating group) is 1. The number of nitrogens with zero attached hydrogens (tertiary/aromatic N) is 5. The molecule has 3 heterocycles. The fourth-order valence-electron chi connectivity index (χ4n) is 4.91. The fraction of sp³-hybridized carbons (Fsp3) is 0.600. The van der Waals surface area contributed by atoms with Crippen LogP contribution >= 0.6 is 11.8 Å². The summed E-state index contributed by atoms with van der Waals surface area (Å²) >= 11 is 1.75. The second-order valence-corrected chi connectivity index (χ2v) is 10.5. The molecule has 0 bridgehead atoms. The van der Waals surface area contributed by atoms with Crippen molar-refractivity contribution < 1.29 is 19.0 Å². The lowest BCUT2D eigenvalue weighted by molar-refractivity contribution is -0.136. The van der Waals surface area contributed by atoms with Crippen LogP contribution in [-0.2, 0) is 18.4 Å². The molecule has 2 aliphatic rings. The minimum absolute atomic E-state index is 0.186. The van der Waals surface area contributed by atoms with Gasteiger partial charge in [0.2, 0.25) is 5.91 Å². The third-order valence-electron chi connectivity index (χ3n) is 6.89. The van der Waals surface area contributed by atoms with Crippen molar-refractivity contribution in [2.24, 2.45) is 7.05 Å². The summed E-state index contributed by atoms with van der Waals surface area (Å²) < 4.78 is 18.7. The average molecular weight is 504 g/mol. The van der Waals surface area contributed by atoms with Crippen molar-refractivity contribution in [3.63, 3.8) is 0 Å². The number of amides is 1. The molecule has 0 aliphatic carbocycles. The number of aryl methyl sites for hydroxylation is 1. The molecule has 2 fully saturated rings. The van der Waals surface area contributed by atoms with Gasteiger partial charge in [-0.25, -0.2) is 4.98 Å². The number of hydrogen-bond acceptors (Lipinski definition) is 8. The normalized spacial score (nSPS) is 21.7. The molecule has 9 nitrogen and oxygen atoms in total. The summed E-state index contributed by atoms with van der Waals surface area (Å²) in [6.07, 6.45) is 5.57. The van der Waals surface area contributed by atoms with Crippen LogP contribution in [0.15, 0.2) is 29.7 Å². The molecule has 1 aromatic heterocycles. The Hall–Kier alpha value is -2.43. The number of imidazole rings is 1. The SMILES string of the molecule is COc1cc(OC)c(OC)cc1CN1C[C@H](Sc2nccn2C)C[C@H]1C(=O)N1CCCN(C)CC1. The first kappa shape index (κ1) is 25.7. The van der Waals surface area contributed by atoms with E-state index in [4.69, 9.17) is 14.2 Å². The van der Waals surface area contributed by atoms with E-state index in [2.05, 4.69) is 26.7 Å². The van der Waals surface area contributed by atoms with E-state index in [1.54, 1.807) is 33.1 Å². The molecule has 0 radical (unpaired) electrons. The summed E-state index contributed by atoms with van der Waals surface area (Å²) in [5.74, 6) is 2.23. The van der Waals surface area contributed by atoms with Gasteiger partial charge in [-0.3, -0.25) is 9.69 Å². The molecule has 1 amide bonds. The topological polar surface area (TPSA) is 72.3 Å². The van der Waals surface area contributed by atoms with E-state index in [9.17, 15) is 4.79 Å². The van der Waals surface area contributed by atoms with Crippen molar-refractivity contribution in [1.29, 1.82) is 0 Å². The van der Waals surface area contributed by atoms with Gasteiger partial charge in [0.15, 0.2) is 16.7 Å². The van der Waals surface area contributed by atoms with Gasteiger partial charge in [0.25, 0.3) is 0 Å². The van der Waals surface area contributed by atoms with Gasteiger partial charge in [-0.1, -0.05) is 11.8 Å². The van der Waals surface area contributed by atoms with Gasteiger partial charge in [0.1, 0.15) is 5.75 Å². The standard InChI is InChI=1S/C25H37N5O4S/c1-27-8-6-9-29(12-11-27)24(31)20-14-19(35-25-26-7-10-28(25)2)17-30(20)16-18-13-22(33-4)23(34-5)15-21(18)32-3/h7,10,13,15,19-20H,6,8-9,11-12,14,16-17H2,1-5H3/t19-,20+/m1/s1. The minimum atomic E-state index is -0.186. The summed E-state index contributed by atoms with van der Waals surface area (Å²) in [4.78, 5) is 25.0. The molecule has 0 unspecified atom stereocenters. The van der Waals surface area contributed by atoms with Crippen LogP contribution in [0.4, 0.5) is 0 Å². The van der Waals surface area contributed by atoms with Crippen molar-refractivity contribution in [1.82, 2.24) is 24.3 Å². The van der Waals surface area contributed by atoms with Crippen LogP contribution < -0.4 is 14.2 Å². The first-order valence-corrected chi connectivity index (χ1v) is 13.0. The number of methoxy groups -OCH3 is 3. The van der Waals surface area contributed by atoms with Gasteiger partial charge in [0, 0.05) is 69.0 Å². The Morgan fingerprint density at radius 2 is 1.77 bits per heavy atom. The minimum Gasteiger partial charge on any atom is -0.496 e. The van der Waals surface area contributed by atoms with Gasteiger partial charge in [0.05, 0.1) is 27.4 Å². The number of thioether (sulfide) groups is 1. The maximum Gasteiger partial charge on any atom is 0.240 e. The molecule has 2 saturated heterocycles. The third-order valence-corrected chi connectivity index (χ3v) is 8.17. The molecule has 2 atom stereocenters. The second-order valence-electron chi connectivity index (χ2n) is 9.24. The van der Waals surface area contributed by atoms with Crippen LogP contribution in [0.1, 0.15) is 18.4 Å². The highest BCUT2D eigenvalue weighted by Crippen LogP contribution is 2.38. The zero-order valence-electron chi connectivity index (χ0n) is 21.4. The average Bonchev–Trinajstić information content (AvgIpc) is 3.38. The highest BCUT2D eigenvalue weighted by atomic mass is 32.2. The van der Waals surface area contributed by atoms with Gasteiger partial charge >= 0.3 is 0 Å². The number of hydrogen-bond donors (Lipinski definition) is 0. The van der Waals surface area contributed by atoms with Crippen molar-refractivity contribution in [3.8, 4) is 17.2 Å². The van der Waals surface area contributed by atoms with Gasteiger partial charge in [-0.05, 0) is 32.5 Å². The maximum absolute atomic E-state index is 13.8. The van der Waals surface area contributed by atoms with E-state index in [0.717, 1.165) is 62.0 Å². The lowest BCUT2D eigenvalue weighted by Gasteiger charge is -2.30. The Kier molecular flexibility index (Phi) is 8.46. The summed E-state index contributed by atoms with van der Waals surface area (Å²) in [6.45, 7) is 4.90. The van der Waals surface area contributed by atoms with E-state index in [-0.39, 0.29) is 17.2 Å². The Morgan fingerprint density at radius 1 is 1.03 bits per heavy atom. The van der Waals surface area contributed by atoms with Crippen molar-refractivity contribution >= 4 is 17.7 Å². The molecule has 0 spiro atoms. The molecule has 2 aromatic rings. The quantitative estimate of drug-likeness (QED) is 0.544. The number of carbonyl (C=O) groups excluding carboxylic acids is 1.